The minimum Gasteiger partial charge on any atom is -0.460 e. The van der Waals surface area contributed by atoms with E-state index in [-0.39, 0.29) is 0 Å². The van der Waals surface area contributed by atoms with E-state index in [1.807, 2.05) is 6.92 Å². The second-order valence-corrected chi connectivity index (χ2v) is 4.78. The zero-order valence-electron chi connectivity index (χ0n) is 12.1. The average molecular weight is 282 g/mol. The van der Waals surface area contributed by atoms with Crippen LogP contribution < -0.4 is 5.73 Å². The van der Waals surface area contributed by atoms with Crippen LogP contribution in [-0.2, 0) is 22.9 Å². The molecule has 1 aliphatic heterocycles. The van der Waals surface area contributed by atoms with Crippen LogP contribution in [0.3, 0.4) is 0 Å². The first-order chi connectivity index (χ1) is 9.63. The Bertz CT molecular complexity index is 466. The number of aromatic nitrogens is 2. The first kappa shape index (κ1) is 14.8. The van der Waals surface area contributed by atoms with E-state index in [2.05, 4.69) is 10.00 Å². The molecule has 1 aromatic rings. The molecule has 2 heterocycles. The summed E-state index contributed by atoms with van der Waals surface area (Å²) in [7, 11) is 1.70. The fourth-order valence-corrected chi connectivity index (χ4v) is 2.26. The molecule has 0 amide bonds. The Labute approximate surface area is 118 Å². The standard InChI is InChI=1S/C13H22N4O3/c1-3-10-11(14)12(16(2)15-10)13(18)20-9-6-17-4-7-19-8-5-17/h3-9,14H2,1-2H3. The van der Waals surface area contributed by atoms with Gasteiger partial charge in [0.1, 0.15) is 6.61 Å². The Morgan fingerprint density at radius 3 is 2.75 bits per heavy atom. The molecule has 1 fully saturated rings. The number of anilines is 1. The average Bonchev–Trinajstić information content (AvgIpc) is 2.74. The maximum atomic E-state index is 12.1. The minimum atomic E-state index is -0.412. The van der Waals surface area contributed by atoms with Crippen molar-refractivity contribution in [2.75, 3.05) is 45.2 Å². The molecule has 0 atom stereocenters. The van der Waals surface area contributed by atoms with Crippen molar-refractivity contribution in [1.82, 2.24) is 14.7 Å². The van der Waals surface area contributed by atoms with Gasteiger partial charge in [0.2, 0.25) is 0 Å². The van der Waals surface area contributed by atoms with E-state index in [0.717, 1.165) is 32.0 Å². The van der Waals surface area contributed by atoms with Gasteiger partial charge in [0.25, 0.3) is 0 Å². The zero-order valence-corrected chi connectivity index (χ0v) is 12.1. The summed E-state index contributed by atoms with van der Waals surface area (Å²) in [5.41, 5.74) is 7.41. The van der Waals surface area contributed by atoms with Crippen LogP contribution >= 0.6 is 0 Å². The SMILES string of the molecule is CCc1nn(C)c(C(=O)OCCN2CCOCC2)c1N. The molecule has 2 N–H and O–H groups in total. The van der Waals surface area contributed by atoms with Crippen LogP contribution in [0.5, 0.6) is 0 Å². The van der Waals surface area contributed by atoms with Crippen LogP contribution in [0.1, 0.15) is 23.1 Å². The van der Waals surface area contributed by atoms with Crippen LogP contribution in [0.15, 0.2) is 0 Å². The molecule has 7 nitrogen and oxygen atoms in total. The van der Waals surface area contributed by atoms with E-state index in [0.29, 0.717) is 31.0 Å². The van der Waals surface area contributed by atoms with Crippen molar-refractivity contribution >= 4 is 11.7 Å². The summed E-state index contributed by atoms with van der Waals surface area (Å²) in [6.45, 7) is 6.26. The Morgan fingerprint density at radius 2 is 2.15 bits per heavy atom. The van der Waals surface area contributed by atoms with Gasteiger partial charge in [-0.2, -0.15) is 5.10 Å². The largest absolute Gasteiger partial charge is 0.460 e. The van der Waals surface area contributed by atoms with Crippen molar-refractivity contribution in [2.24, 2.45) is 7.05 Å². The molecule has 1 aliphatic rings. The first-order valence-corrected chi connectivity index (χ1v) is 6.92. The number of carbonyl (C=O) groups excluding carboxylic acids is 1. The number of ether oxygens (including phenoxy) is 2. The van der Waals surface area contributed by atoms with Gasteiger partial charge in [-0.25, -0.2) is 4.79 Å². The molecule has 20 heavy (non-hydrogen) atoms. The van der Waals surface area contributed by atoms with Crippen molar-refractivity contribution in [1.29, 1.82) is 0 Å². The van der Waals surface area contributed by atoms with E-state index in [1.165, 1.54) is 4.68 Å². The molecule has 0 aliphatic carbocycles. The highest BCUT2D eigenvalue weighted by molar-refractivity contribution is 5.93. The molecule has 7 heteroatoms. The molecular weight excluding hydrogens is 260 g/mol. The third-order valence-electron chi connectivity index (χ3n) is 3.43. The molecule has 0 saturated carbocycles. The van der Waals surface area contributed by atoms with Crippen LogP contribution in [0, 0.1) is 0 Å². The Morgan fingerprint density at radius 1 is 1.45 bits per heavy atom. The lowest BCUT2D eigenvalue weighted by atomic mass is 10.2. The summed E-state index contributed by atoms with van der Waals surface area (Å²) in [4.78, 5) is 14.3. The van der Waals surface area contributed by atoms with E-state index in [9.17, 15) is 4.79 Å². The maximum Gasteiger partial charge on any atom is 0.358 e. The molecule has 112 valence electrons. The highest BCUT2D eigenvalue weighted by Gasteiger charge is 2.20. The molecule has 0 unspecified atom stereocenters. The fraction of sp³-hybridized carbons (Fsp3) is 0.692. The topological polar surface area (TPSA) is 82.6 Å². The number of nitrogens with two attached hydrogens (primary N) is 1. The number of hydrogen-bond acceptors (Lipinski definition) is 6. The molecule has 1 aromatic heterocycles. The van der Waals surface area contributed by atoms with Crippen molar-refractivity contribution in [3.63, 3.8) is 0 Å². The lowest BCUT2D eigenvalue weighted by Crippen LogP contribution is -2.38. The Balaban J connectivity index is 1.87. The summed E-state index contributed by atoms with van der Waals surface area (Å²) in [6.07, 6.45) is 0.695. The molecule has 1 saturated heterocycles. The van der Waals surface area contributed by atoms with Crippen molar-refractivity contribution in [3.05, 3.63) is 11.4 Å². The van der Waals surface area contributed by atoms with Gasteiger partial charge in [-0.15, -0.1) is 0 Å². The number of rotatable bonds is 5. The third-order valence-corrected chi connectivity index (χ3v) is 3.43. The molecule has 0 radical (unpaired) electrons. The van der Waals surface area contributed by atoms with Crippen LogP contribution in [0.2, 0.25) is 0 Å². The first-order valence-electron chi connectivity index (χ1n) is 6.92. The van der Waals surface area contributed by atoms with Crippen molar-refractivity contribution in [2.45, 2.75) is 13.3 Å². The summed E-state index contributed by atoms with van der Waals surface area (Å²) < 4.78 is 12.0. The smallest absolute Gasteiger partial charge is 0.358 e. The highest BCUT2D eigenvalue weighted by Crippen LogP contribution is 2.17. The summed E-state index contributed by atoms with van der Waals surface area (Å²) >= 11 is 0. The van der Waals surface area contributed by atoms with Gasteiger partial charge in [-0.05, 0) is 6.42 Å². The number of hydrogen-bond donors (Lipinski definition) is 1. The van der Waals surface area contributed by atoms with E-state index >= 15 is 0 Å². The second-order valence-electron chi connectivity index (χ2n) is 4.78. The monoisotopic (exact) mass is 282 g/mol. The van der Waals surface area contributed by atoms with Gasteiger partial charge in [0.15, 0.2) is 5.69 Å². The highest BCUT2D eigenvalue weighted by atomic mass is 16.5. The third kappa shape index (κ3) is 3.29. The normalized spacial score (nSPS) is 16.3. The Hall–Kier alpha value is -1.60. The van der Waals surface area contributed by atoms with E-state index < -0.39 is 5.97 Å². The van der Waals surface area contributed by atoms with Crippen molar-refractivity contribution < 1.29 is 14.3 Å². The zero-order chi connectivity index (χ0) is 14.5. The van der Waals surface area contributed by atoms with E-state index in [1.54, 1.807) is 7.05 Å². The van der Waals surface area contributed by atoms with Gasteiger partial charge in [-0.3, -0.25) is 9.58 Å². The molecule has 0 spiro atoms. The molecular formula is C13H22N4O3. The molecule has 0 bridgehead atoms. The van der Waals surface area contributed by atoms with Crippen LogP contribution in [0.4, 0.5) is 5.69 Å². The quantitative estimate of drug-likeness (QED) is 0.769. The maximum absolute atomic E-state index is 12.1. The number of esters is 1. The molecule has 2 rings (SSSR count). The van der Waals surface area contributed by atoms with Gasteiger partial charge in [0, 0.05) is 26.7 Å². The predicted molar refractivity (Wildman–Crippen MR) is 74.5 cm³/mol. The van der Waals surface area contributed by atoms with Crippen molar-refractivity contribution in [3.8, 4) is 0 Å². The second kappa shape index (κ2) is 6.71. The Kier molecular flexibility index (Phi) is 4.97. The van der Waals surface area contributed by atoms with Crippen LogP contribution in [-0.4, -0.2) is 60.1 Å². The summed E-state index contributed by atoms with van der Waals surface area (Å²) in [5.74, 6) is -0.412. The number of aryl methyl sites for hydroxylation is 2. The number of nitrogen functional groups attached to an aromatic ring is 1. The lowest BCUT2D eigenvalue weighted by Gasteiger charge is -2.26. The summed E-state index contributed by atoms with van der Waals surface area (Å²) in [6, 6.07) is 0. The lowest BCUT2D eigenvalue weighted by molar-refractivity contribution is 0.0191. The van der Waals surface area contributed by atoms with E-state index in [4.69, 9.17) is 15.2 Å². The summed E-state index contributed by atoms with van der Waals surface area (Å²) in [5, 5.41) is 4.21. The fourth-order valence-electron chi connectivity index (χ4n) is 2.26. The number of carbonyl (C=O) groups is 1. The number of nitrogens with zero attached hydrogens (tertiary/aromatic N) is 3. The number of morpholine rings is 1. The van der Waals surface area contributed by atoms with Gasteiger partial charge >= 0.3 is 5.97 Å². The van der Waals surface area contributed by atoms with Gasteiger partial charge in [-0.1, -0.05) is 6.92 Å². The predicted octanol–water partition coefficient (Wildman–Crippen LogP) is 0.0537. The van der Waals surface area contributed by atoms with Crippen LogP contribution in [0.25, 0.3) is 0 Å². The molecule has 0 aromatic carbocycles. The van der Waals surface area contributed by atoms with Gasteiger partial charge in [0.05, 0.1) is 24.6 Å². The minimum absolute atomic E-state index is 0.337. The van der Waals surface area contributed by atoms with Gasteiger partial charge < -0.3 is 15.2 Å².